The zero-order valence-corrected chi connectivity index (χ0v) is 11.6. The highest BCUT2D eigenvalue weighted by Gasteiger charge is 2.09. The molecule has 6 nitrogen and oxygen atoms in total. The minimum Gasteiger partial charge on any atom is -0.496 e. The number of aromatic nitrogens is 3. The molecule has 7 heteroatoms. The molecule has 1 aromatic heterocycles. The Kier molecular flexibility index (Phi) is 4.06. The van der Waals surface area contributed by atoms with E-state index in [9.17, 15) is 0 Å². The summed E-state index contributed by atoms with van der Waals surface area (Å²) in [6.07, 6.45) is 1.66. The molecule has 0 atom stereocenters. The van der Waals surface area contributed by atoms with E-state index in [1.54, 1.807) is 31.3 Å². The number of aryl methyl sites for hydroxylation is 1. The van der Waals surface area contributed by atoms with Gasteiger partial charge in [0.1, 0.15) is 17.9 Å². The molecule has 2 aromatic rings. The van der Waals surface area contributed by atoms with Gasteiger partial charge >= 0.3 is 0 Å². The van der Waals surface area contributed by atoms with E-state index in [0.29, 0.717) is 11.3 Å². The first-order valence-electron chi connectivity index (χ1n) is 5.60. The van der Waals surface area contributed by atoms with Gasteiger partial charge in [-0.3, -0.25) is 5.41 Å². The number of nitrogen functional groups attached to an aromatic ring is 1. The number of nitrogens with zero attached hydrogens (tertiary/aromatic N) is 3. The van der Waals surface area contributed by atoms with E-state index in [2.05, 4.69) is 10.2 Å². The SMILES string of the molecule is COc1ccc(C(=N)N)cc1CSc1nncn1C. The Labute approximate surface area is 115 Å². The second-order valence-electron chi connectivity index (χ2n) is 3.95. The van der Waals surface area contributed by atoms with Crippen LogP contribution in [0.1, 0.15) is 11.1 Å². The number of ether oxygens (including phenoxy) is 1. The van der Waals surface area contributed by atoms with Gasteiger partial charge < -0.3 is 15.0 Å². The molecular weight excluding hydrogens is 262 g/mol. The summed E-state index contributed by atoms with van der Waals surface area (Å²) in [7, 11) is 3.52. The number of nitrogens with one attached hydrogen (secondary N) is 1. The van der Waals surface area contributed by atoms with Crippen LogP contribution in [0.4, 0.5) is 0 Å². The molecule has 0 unspecified atom stereocenters. The van der Waals surface area contributed by atoms with Crippen LogP contribution in [0.5, 0.6) is 5.75 Å². The van der Waals surface area contributed by atoms with Gasteiger partial charge in [0.2, 0.25) is 0 Å². The predicted octanol–water partition coefficient (Wildman–Crippen LogP) is 1.40. The van der Waals surface area contributed by atoms with Crippen LogP contribution in [0.25, 0.3) is 0 Å². The fraction of sp³-hybridized carbons (Fsp3) is 0.250. The summed E-state index contributed by atoms with van der Waals surface area (Å²) in [5, 5.41) is 16.1. The van der Waals surface area contributed by atoms with Gasteiger partial charge in [0, 0.05) is 23.9 Å². The lowest BCUT2D eigenvalue weighted by Gasteiger charge is -2.09. The highest BCUT2D eigenvalue weighted by atomic mass is 32.2. The summed E-state index contributed by atoms with van der Waals surface area (Å²) in [6, 6.07) is 5.46. The third-order valence-electron chi connectivity index (χ3n) is 2.62. The first-order chi connectivity index (χ1) is 9.11. The molecule has 0 amide bonds. The van der Waals surface area contributed by atoms with E-state index in [4.69, 9.17) is 15.9 Å². The lowest BCUT2D eigenvalue weighted by molar-refractivity contribution is 0.411. The average Bonchev–Trinajstić information content (AvgIpc) is 2.81. The van der Waals surface area contributed by atoms with Crippen LogP contribution in [0.15, 0.2) is 29.7 Å². The third-order valence-corrected chi connectivity index (χ3v) is 3.70. The fourth-order valence-electron chi connectivity index (χ4n) is 1.60. The molecule has 0 bridgehead atoms. The maximum absolute atomic E-state index is 7.47. The van der Waals surface area contributed by atoms with Crippen molar-refractivity contribution < 1.29 is 4.74 Å². The summed E-state index contributed by atoms with van der Waals surface area (Å²) >= 11 is 1.55. The van der Waals surface area contributed by atoms with Crippen LogP contribution in [-0.4, -0.2) is 27.7 Å². The van der Waals surface area contributed by atoms with Gasteiger partial charge in [0.25, 0.3) is 0 Å². The average molecular weight is 277 g/mol. The molecule has 0 spiro atoms. The van der Waals surface area contributed by atoms with Crippen molar-refractivity contribution in [2.24, 2.45) is 12.8 Å². The van der Waals surface area contributed by atoms with Gasteiger partial charge in [-0.05, 0) is 18.2 Å². The quantitative estimate of drug-likeness (QED) is 0.490. The molecule has 3 N–H and O–H groups in total. The van der Waals surface area contributed by atoms with Crippen LogP contribution in [0.3, 0.4) is 0 Å². The second-order valence-corrected chi connectivity index (χ2v) is 4.90. The smallest absolute Gasteiger partial charge is 0.191 e. The normalized spacial score (nSPS) is 10.4. The molecule has 0 saturated carbocycles. The van der Waals surface area contributed by atoms with Gasteiger partial charge in [0.15, 0.2) is 5.16 Å². The van der Waals surface area contributed by atoms with Crippen molar-refractivity contribution in [3.8, 4) is 5.75 Å². The van der Waals surface area contributed by atoms with Crippen molar-refractivity contribution in [3.63, 3.8) is 0 Å². The maximum Gasteiger partial charge on any atom is 0.191 e. The molecule has 1 heterocycles. The summed E-state index contributed by atoms with van der Waals surface area (Å²) in [5.41, 5.74) is 7.16. The molecular formula is C12H15N5OS. The van der Waals surface area contributed by atoms with E-state index in [0.717, 1.165) is 16.5 Å². The number of thioether (sulfide) groups is 1. The van der Waals surface area contributed by atoms with Crippen LogP contribution < -0.4 is 10.5 Å². The van der Waals surface area contributed by atoms with E-state index < -0.39 is 0 Å². The monoisotopic (exact) mass is 277 g/mol. The number of rotatable bonds is 5. The van der Waals surface area contributed by atoms with Crippen molar-refractivity contribution in [2.75, 3.05) is 7.11 Å². The van der Waals surface area contributed by atoms with E-state index in [1.165, 1.54) is 0 Å². The molecule has 0 radical (unpaired) electrons. The zero-order chi connectivity index (χ0) is 13.8. The van der Waals surface area contributed by atoms with Crippen molar-refractivity contribution in [1.29, 1.82) is 5.41 Å². The Hall–Kier alpha value is -2.02. The summed E-state index contributed by atoms with van der Waals surface area (Å²) in [4.78, 5) is 0. The van der Waals surface area contributed by atoms with Crippen molar-refractivity contribution in [3.05, 3.63) is 35.7 Å². The van der Waals surface area contributed by atoms with Crippen LogP contribution >= 0.6 is 11.8 Å². The van der Waals surface area contributed by atoms with Crippen LogP contribution in [0.2, 0.25) is 0 Å². The lowest BCUT2D eigenvalue weighted by atomic mass is 10.1. The Morgan fingerprint density at radius 2 is 2.32 bits per heavy atom. The van der Waals surface area contributed by atoms with Gasteiger partial charge in [-0.25, -0.2) is 0 Å². The van der Waals surface area contributed by atoms with Gasteiger partial charge in [-0.1, -0.05) is 11.8 Å². The predicted molar refractivity (Wildman–Crippen MR) is 74.6 cm³/mol. The van der Waals surface area contributed by atoms with E-state index >= 15 is 0 Å². The lowest BCUT2D eigenvalue weighted by Crippen LogP contribution is -2.11. The first-order valence-corrected chi connectivity index (χ1v) is 6.58. The molecule has 2 rings (SSSR count). The number of methoxy groups -OCH3 is 1. The number of benzene rings is 1. The van der Waals surface area contributed by atoms with E-state index in [-0.39, 0.29) is 5.84 Å². The maximum atomic E-state index is 7.47. The number of nitrogens with two attached hydrogens (primary N) is 1. The molecule has 1 aromatic carbocycles. The zero-order valence-electron chi connectivity index (χ0n) is 10.8. The number of hydrogen-bond acceptors (Lipinski definition) is 5. The minimum absolute atomic E-state index is 0.0487. The Morgan fingerprint density at radius 1 is 1.53 bits per heavy atom. The Morgan fingerprint density at radius 3 is 2.89 bits per heavy atom. The first kappa shape index (κ1) is 13.4. The van der Waals surface area contributed by atoms with Crippen LogP contribution in [0, 0.1) is 5.41 Å². The minimum atomic E-state index is 0.0487. The topological polar surface area (TPSA) is 89.8 Å². The van der Waals surface area contributed by atoms with Gasteiger partial charge in [0.05, 0.1) is 7.11 Å². The molecule has 0 aliphatic heterocycles. The highest BCUT2D eigenvalue weighted by molar-refractivity contribution is 7.98. The molecule has 0 aliphatic carbocycles. The Bertz CT molecular complexity index is 596. The van der Waals surface area contributed by atoms with Crippen molar-refractivity contribution in [1.82, 2.24) is 14.8 Å². The second kappa shape index (κ2) is 5.75. The Balaban J connectivity index is 2.20. The largest absolute Gasteiger partial charge is 0.496 e. The highest BCUT2D eigenvalue weighted by Crippen LogP contribution is 2.27. The fourth-order valence-corrected chi connectivity index (χ4v) is 2.47. The number of hydrogen-bond donors (Lipinski definition) is 2. The molecule has 19 heavy (non-hydrogen) atoms. The van der Waals surface area contributed by atoms with E-state index in [1.807, 2.05) is 23.7 Å². The molecule has 0 aliphatic rings. The standard InChI is InChI=1S/C12H15N5OS/c1-17-7-15-16-12(17)19-6-9-5-8(11(13)14)3-4-10(9)18-2/h3-5,7H,6H2,1-2H3,(H3,13,14). The molecule has 100 valence electrons. The number of amidine groups is 1. The van der Waals surface area contributed by atoms with Gasteiger partial charge in [-0.15, -0.1) is 10.2 Å². The molecule has 0 saturated heterocycles. The summed E-state index contributed by atoms with van der Waals surface area (Å²) in [6.45, 7) is 0. The third kappa shape index (κ3) is 3.05. The van der Waals surface area contributed by atoms with Crippen LogP contribution in [-0.2, 0) is 12.8 Å². The van der Waals surface area contributed by atoms with Gasteiger partial charge in [-0.2, -0.15) is 0 Å². The summed E-state index contributed by atoms with van der Waals surface area (Å²) < 4.78 is 7.17. The van der Waals surface area contributed by atoms with Crippen molar-refractivity contribution >= 4 is 17.6 Å². The molecule has 0 fully saturated rings. The van der Waals surface area contributed by atoms with Crippen molar-refractivity contribution in [2.45, 2.75) is 10.9 Å². The summed E-state index contributed by atoms with van der Waals surface area (Å²) in [5.74, 6) is 1.50.